The predicted molar refractivity (Wildman–Crippen MR) is 172 cm³/mol. The molecule has 238 valence electrons. The molecule has 13 heteroatoms. The van der Waals surface area contributed by atoms with Gasteiger partial charge in [0.1, 0.15) is 27.5 Å². The van der Waals surface area contributed by atoms with Crippen molar-refractivity contribution in [2.24, 2.45) is 0 Å². The molecule has 0 radical (unpaired) electrons. The Kier molecular flexibility index (Phi) is 9.87. The van der Waals surface area contributed by atoms with E-state index in [0.29, 0.717) is 28.2 Å². The third-order valence-corrected chi connectivity index (χ3v) is 7.38. The zero-order valence-corrected chi connectivity index (χ0v) is 27.4. The van der Waals surface area contributed by atoms with Crippen LogP contribution in [0.2, 0.25) is 0 Å². The molecule has 3 aromatic heterocycles. The Labute approximate surface area is 261 Å². The topological polar surface area (TPSA) is 144 Å². The summed E-state index contributed by atoms with van der Waals surface area (Å²) in [5, 5.41) is 8.98. The van der Waals surface area contributed by atoms with Crippen molar-refractivity contribution in [2.45, 2.75) is 91.6 Å². The normalized spacial score (nSPS) is 15.6. The summed E-state index contributed by atoms with van der Waals surface area (Å²) in [5.41, 5.74) is 0.475. The highest BCUT2D eigenvalue weighted by Gasteiger charge is 2.29. The number of alkyl carbamates (subject to hydrolysis) is 1. The third-order valence-electron chi connectivity index (χ3n) is 6.27. The fourth-order valence-electron chi connectivity index (χ4n) is 4.74. The minimum atomic E-state index is -0.734. The molecule has 1 saturated heterocycles. The number of carbonyl (C=O) groups excluding carboxylic acids is 3. The first-order valence-electron chi connectivity index (χ1n) is 14.7. The van der Waals surface area contributed by atoms with Crippen LogP contribution >= 0.6 is 11.3 Å². The fraction of sp³-hybridized carbons (Fsp3) is 0.516. The molecule has 1 aliphatic rings. The van der Waals surface area contributed by atoms with Crippen molar-refractivity contribution in [2.75, 3.05) is 28.6 Å². The summed E-state index contributed by atoms with van der Waals surface area (Å²) in [5.74, 6) is 0.0754. The Bertz CT molecular complexity index is 1510. The first kappa shape index (κ1) is 32.8. The van der Waals surface area contributed by atoms with Gasteiger partial charge in [0.2, 0.25) is 0 Å². The van der Waals surface area contributed by atoms with E-state index in [0.717, 1.165) is 25.1 Å². The number of carbonyl (C=O) groups is 3. The molecule has 0 bridgehead atoms. The number of nitrogens with one attached hydrogen (secondary N) is 3. The molecule has 12 nitrogen and oxygen atoms in total. The molecular formula is C31H42N6O6S. The van der Waals surface area contributed by atoms with Gasteiger partial charge in [0.25, 0.3) is 5.91 Å². The fourth-order valence-corrected chi connectivity index (χ4v) is 5.84. The van der Waals surface area contributed by atoms with E-state index in [9.17, 15) is 14.4 Å². The quantitative estimate of drug-likeness (QED) is 0.265. The standard InChI is InChI=1S/C31H42N6O6S/c1-18(2)41-22-12-14-33-24-23(27(44-25(22)24)36-29(40)43-31(6,7)8)26(38)35-20-16-32-13-11-21(20)37-15-9-10-19(17-37)34-28(39)42-30(3,4)5/h11-14,16,18-19H,9-10,15,17H2,1-8H3,(H,34,39)(H,35,38)(H,36,40)/t19-/m0/s1. The molecule has 0 aliphatic carbocycles. The van der Waals surface area contributed by atoms with E-state index in [-0.39, 0.29) is 22.7 Å². The van der Waals surface area contributed by atoms with E-state index in [4.69, 9.17) is 14.2 Å². The maximum absolute atomic E-state index is 14.0. The van der Waals surface area contributed by atoms with Gasteiger partial charge in [0, 0.05) is 31.5 Å². The average molecular weight is 627 g/mol. The number of amides is 3. The number of aromatic nitrogens is 2. The van der Waals surface area contributed by atoms with Crippen LogP contribution < -0.4 is 25.6 Å². The molecule has 44 heavy (non-hydrogen) atoms. The van der Waals surface area contributed by atoms with Crippen molar-refractivity contribution >= 4 is 56.0 Å². The number of nitrogens with zero attached hydrogens (tertiary/aromatic N) is 3. The van der Waals surface area contributed by atoms with Gasteiger partial charge >= 0.3 is 12.2 Å². The molecule has 0 spiro atoms. The highest BCUT2D eigenvalue weighted by atomic mass is 32.1. The lowest BCUT2D eigenvalue weighted by Crippen LogP contribution is -2.49. The molecule has 4 rings (SSSR count). The number of hydrogen-bond donors (Lipinski definition) is 3. The Morgan fingerprint density at radius 1 is 1.00 bits per heavy atom. The van der Waals surface area contributed by atoms with Crippen LogP contribution in [0.15, 0.2) is 30.7 Å². The zero-order valence-electron chi connectivity index (χ0n) is 26.6. The smallest absolute Gasteiger partial charge is 0.412 e. The predicted octanol–water partition coefficient (Wildman–Crippen LogP) is 6.57. The number of hydrogen-bond acceptors (Lipinski definition) is 10. The van der Waals surface area contributed by atoms with E-state index >= 15 is 0 Å². The summed E-state index contributed by atoms with van der Waals surface area (Å²) < 4.78 is 17.5. The van der Waals surface area contributed by atoms with Crippen LogP contribution in [0.4, 0.5) is 26.0 Å². The monoisotopic (exact) mass is 626 g/mol. The first-order valence-corrected chi connectivity index (χ1v) is 15.5. The number of rotatable bonds is 7. The lowest BCUT2D eigenvalue weighted by Gasteiger charge is -2.35. The molecule has 3 N–H and O–H groups in total. The molecule has 0 unspecified atom stereocenters. The van der Waals surface area contributed by atoms with Crippen LogP contribution in [-0.4, -0.2) is 64.5 Å². The SMILES string of the molecule is CC(C)Oc1ccnc2c(C(=O)Nc3cnccc3N3CCC[C@H](NC(=O)OC(C)(C)C)C3)c(NC(=O)OC(C)(C)C)sc12. The highest BCUT2D eigenvalue weighted by molar-refractivity contribution is 7.23. The van der Waals surface area contributed by atoms with Gasteiger partial charge in [-0.25, -0.2) is 9.59 Å². The van der Waals surface area contributed by atoms with Gasteiger partial charge in [0.05, 0.1) is 33.9 Å². The van der Waals surface area contributed by atoms with Gasteiger partial charge in [-0.2, -0.15) is 0 Å². The molecule has 3 aromatic rings. The van der Waals surface area contributed by atoms with E-state index < -0.39 is 29.3 Å². The number of ether oxygens (including phenoxy) is 3. The molecule has 4 heterocycles. The van der Waals surface area contributed by atoms with E-state index in [1.807, 2.05) is 40.7 Å². The second-order valence-corrected chi connectivity index (χ2v) is 13.9. The van der Waals surface area contributed by atoms with Gasteiger partial charge < -0.3 is 29.7 Å². The van der Waals surface area contributed by atoms with Crippen LogP contribution in [0.3, 0.4) is 0 Å². The van der Waals surface area contributed by atoms with Crippen molar-refractivity contribution in [3.05, 3.63) is 36.3 Å². The Morgan fingerprint density at radius 2 is 1.70 bits per heavy atom. The lowest BCUT2D eigenvalue weighted by molar-refractivity contribution is 0.0499. The van der Waals surface area contributed by atoms with Gasteiger partial charge in [-0.05, 0) is 80.4 Å². The molecule has 1 atom stereocenters. The molecule has 1 fully saturated rings. The van der Waals surface area contributed by atoms with Crippen LogP contribution in [0.1, 0.15) is 78.6 Å². The highest BCUT2D eigenvalue weighted by Crippen LogP contribution is 2.41. The number of thiophene rings is 1. The second-order valence-electron chi connectivity index (χ2n) is 12.9. The molecule has 0 aromatic carbocycles. The molecule has 0 saturated carbocycles. The summed E-state index contributed by atoms with van der Waals surface area (Å²) in [6.07, 6.45) is 5.17. The summed E-state index contributed by atoms with van der Waals surface area (Å²) in [4.78, 5) is 50.0. The van der Waals surface area contributed by atoms with Gasteiger partial charge in [-0.3, -0.25) is 20.1 Å². The second kappa shape index (κ2) is 13.2. The van der Waals surface area contributed by atoms with Crippen LogP contribution in [0, 0.1) is 0 Å². The largest absolute Gasteiger partial charge is 0.489 e. The molecule has 3 amide bonds. The van der Waals surface area contributed by atoms with Gasteiger partial charge in [-0.1, -0.05) is 0 Å². The maximum Gasteiger partial charge on any atom is 0.412 e. The maximum atomic E-state index is 14.0. The Morgan fingerprint density at radius 3 is 2.39 bits per heavy atom. The first-order chi connectivity index (χ1) is 20.6. The number of pyridine rings is 2. The number of fused-ring (bicyclic) bond motifs is 1. The van der Waals surface area contributed by atoms with Crippen molar-refractivity contribution in [1.82, 2.24) is 15.3 Å². The Hall–Kier alpha value is -4.13. The molecular weight excluding hydrogens is 584 g/mol. The summed E-state index contributed by atoms with van der Waals surface area (Å²) >= 11 is 1.19. The van der Waals surface area contributed by atoms with Crippen LogP contribution in [0.5, 0.6) is 5.75 Å². The van der Waals surface area contributed by atoms with E-state index in [1.54, 1.807) is 45.4 Å². The summed E-state index contributed by atoms with van der Waals surface area (Å²) in [6.45, 7) is 15.8. The summed E-state index contributed by atoms with van der Waals surface area (Å²) in [7, 11) is 0. The van der Waals surface area contributed by atoms with E-state index in [1.165, 1.54) is 11.3 Å². The lowest BCUT2D eigenvalue weighted by atomic mass is 10.0. The van der Waals surface area contributed by atoms with Crippen molar-refractivity contribution in [1.29, 1.82) is 0 Å². The Balaban J connectivity index is 1.62. The minimum Gasteiger partial charge on any atom is -0.489 e. The average Bonchev–Trinajstić information content (AvgIpc) is 3.25. The van der Waals surface area contributed by atoms with Crippen LogP contribution in [-0.2, 0) is 9.47 Å². The van der Waals surface area contributed by atoms with Crippen molar-refractivity contribution in [3.63, 3.8) is 0 Å². The van der Waals surface area contributed by atoms with Crippen LogP contribution in [0.25, 0.3) is 10.2 Å². The van der Waals surface area contributed by atoms with Gasteiger partial charge in [-0.15, -0.1) is 11.3 Å². The zero-order chi connectivity index (χ0) is 32.2. The van der Waals surface area contributed by atoms with Crippen molar-refractivity contribution in [3.8, 4) is 5.75 Å². The number of anilines is 3. The number of piperidine rings is 1. The van der Waals surface area contributed by atoms with E-state index in [2.05, 4.69) is 30.8 Å². The van der Waals surface area contributed by atoms with Crippen molar-refractivity contribution < 1.29 is 28.6 Å². The van der Waals surface area contributed by atoms with Gasteiger partial charge in [0.15, 0.2) is 0 Å². The molecule has 1 aliphatic heterocycles. The minimum absolute atomic E-state index is 0.113. The third kappa shape index (κ3) is 8.71. The summed E-state index contributed by atoms with van der Waals surface area (Å²) in [6, 6.07) is 3.42.